The van der Waals surface area contributed by atoms with Crippen molar-refractivity contribution in [3.8, 4) is 16.8 Å². The van der Waals surface area contributed by atoms with Crippen molar-refractivity contribution in [2.75, 3.05) is 0 Å². The largest absolute Gasteiger partial charge is 0.455 e. The number of aromatic nitrogens is 1. The van der Waals surface area contributed by atoms with Gasteiger partial charge in [0.15, 0.2) is 0 Å². The van der Waals surface area contributed by atoms with Crippen molar-refractivity contribution in [3.05, 3.63) is 199 Å². The number of hydrogen-bond donors (Lipinski definition) is 2. The zero-order valence-electron chi connectivity index (χ0n) is 30.7. The van der Waals surface area contributed by atoms with Gasteiger partial charge in [-0.2, -0.15) is 0 Å². The Labute approximate surface area is 332 Å². The van der Waals surface area contributed by atoms with Gasteiger partial charge in [-0.3, -0.25) is 5.32 Å². The molecule has 0 amide bonds. The molecule has 0 spiro atoms. The summed E-state index contributed by atoms with van der Waals surface area (Å²) < 4.78 is 12.0. The van der Waals surface area contributed by atoms with Crippen molar-refractivity contribution in [3.63, 3.8) is 0 Å². The summed E-state index contributed by atoms with van der Waals surface area (Å²) in [5.74, 6) is 0.846. The van der Waals surface area contributed by atoms with E-state index >= 15 is 0 Å². The number of furan rings is 1. The van der Waals surface area contributed by atoms with Gasteiger partial charge in [0.25, 0.3) is 0 Å². The molecule has 8 aromatic carbocycles. The average molecular weight is 751 g/mol. The third-order valence-corrected chi connectivity index (χ3v) is 12.6. The van der Waals surface area contributed by atoms with Gasteiger partial charge in [-0.05, 0) is 47.5 Å². The minimum absolute atomic E-state index is 0.140. The molecule has 4 heterocycles. The van der Waals surface area contributed by atoms with Crippen molar-refractivity contribution < 1.29 is 4.42 Å². The summed E-state index contributed by atoms with van der Waals surface area (Å²) in [6.45, 7) is 0. The molecule has 3 aromatic heterocycles. The van der Waals surface area contributed by atoms with Crippen molar-refractivity contribution >= 4 is 81.1 Å². The molecule has 6 heteroatoms. The normalized spacial score (nSPS) is 15.9. The average Bonchev–Trinajstić information content (AvgIpc) is 3.96. The van der Waals surface area contributed by atoms with Gasteiger partial charge >= 0.3 is 0 Å². The van der Waals surface area contributed by atoms with Crippen LogP contribution in [0.5, 0.6) is 0 Å². The highest BCUT2D eigenvalue weighted by Gasteiger charge is 2.28. The molecule has 0 fully saturated rings. The van der Waals surface area contributed by atoms with Crippen LogP contribution in [-0.2, 0) is 0 Å². The van der Waals surface area contributed by atoms with E-state index in [4.69, 9.17) is 9.41 Å². The standard InChI is InChI=1S/C51H34N4OS/c1-3-14-31(15-4-1)49-52-50(32-16-5-2-6-17-32)54-51(53-49)39-23-12-22-38-37-21-11-20-34(47(37)56-48(38)39)33-28-29-44-40(30-33)46-43(26-13-27-45(46)57-44)55-41-24-9-7-18-35(41)36-19-8-10-25-42(36)55/h1-30,49,51,53H,(H,52,54). The van der Waals surface area contributed by atoms with E-state index in [2.05, 4.69) is 185 Å². The number of fused-ring (bicyclic) bond motifs is 9. The summed E-state index contributed by atoms with van der Waals surface area (Å²) in [5, 5.41) is 14.6. The number of hydrogen-bond acceptors (Lipinski definition) is 5. The molecule has 2 atom stereocenters. The van der Waals surface area contributed by atoms with Crippen molar-refractivity contribution in [2.24, 2.45) is 4.99 Å². The maximum absolute atomic E-state index is 7.03. The van der Waals surface area contributed by atoms with Gasteiger partial charge in [0.1, 0.15) is 29.3 Å². The fourth-order valence-electron chi connectivity index (χ4n) is 8.91. The molecule has 270 valence electrons. The van der Waals surface area contributed by atoms with Crippen molar-refractivity contribution in [1.29, 1.82) is 0 Å². The van der Waals surface area contributed by atoms with E-state index in [1.807, 2.05) is 23.5 Å². The number of amidine groups is 1. The number of nitrogens with one attached hydrogen (secondary N) is 2. The Kier molecular flexibility index (Phi) is 7.24. The molecule has 1 aliphatic heterocycles. The van der Waals surface area contributed by atoms with E-state index in [0.29, 0.717) is 0 Å². The number of para-hydroxylation sites is 4. The molecule has 0 saturated carbocycles. The smallest absolute Gasteiger partial charge is 0.143 e. The van der Waals surface area contributed by atoms with Gasteiger partial charge in [-0.1, -0.05) is 146 Å². The van der Waals surface area contributed by atoms with Crippen LogP contribution in [0.1, 0.15) is 29.0 Å². The van der Waals surface area contributed by atoms with E-state index in [-0.39, 0.29) is 12.3 Å². The summed E-state index contributed by atoms with van der Waals surface area (Å²) in [5.41, 5.74) is 10.7. The molecule has 12 rings (SSSR count). The quantitative estimate of drug-likeness (QED) is 0.184. The third-order valence-electron chi connectivity index (χ3n) is 11.5. The highest BCUT2D eigenvalue weighted by atomic mass is 32.1. The maximum Gasteiger partial charge on any atom is 0.143 e. The van der Waals surface area contributed by atoms with E-state index in [0.717, 1.165) is 55.6 Å². The monoisotopic (exact) mass is 750 g/mol. The molecule has 11 aromatic rings. The van der Waals surface area contributed by atoms with Gasteiger partial charge in [0.05, 0.1) is 16.7 Å². The van der Waals surface area contributed by atoms with E-state index in [1.165, 1.54) is 47.7 Å². The molecule has 5 nitrogen and oxygen atoms in total. The fraction of sp³-hybridized carbons (Fsp3) is 0.0392. The molecule has 0 bridgehead atoms. The SMILES string of the molecule is c1ccc(C2=NC(c3cccc4c3oc3c(-c5ccc6sc7cccc(-n8c9ccccc9c9ccccc98)c7c6c5)cccc34)NC(c3ccccc3)N2)cc1. The first-order chi connectivity index (χ1) is 28.3. The lowest BCUT2D eigenvalue weighted by Crippen LogP contribution is -2.44. The Morgan fingerprint density at radius 1 is 0.526 bits per heavy atom. The van der Waals surface area contributed by atoms with Crippen molar-refractivity contribution in [1.82, 2.24) is 15.2 Å². The van der Waals surface area contributed by atoms with Crippen LogP contribution >= 0.6 is 11.3 Å². The molecule has 57 heavy (non-hydrogen) atoms. The van der Waals surface area contributed by atoms with Crippen LogP contribution in [0.25, 0.3) is 80.7 Å². The van der Waals surface area contributed by atoms with Gasteiger partial charge in [-0.25, -0.2) is 4.99 Å². The Balaban J connectivity index is 1.03. The first-order valence-corrected chi connectivity index (χ1v) is 20.2. The van der Waals surface area contributed by atoms with Gasteiger partial charge < -0.3 is 14.3 Å². The second-order valence-corrected chi connectivity index (χ2v) is 15.8. The first-order valence-electron chi connectivity index (χ1n) is 19.4. The molecule has 0 aliphatic carbocycles. The minimum atomic E-state index is -0.341. The number of aliphatic imine (C=N–C) groups is 1. The molecular formula is C51H34N4OS. The lowest BCUT2D eigenvalue weighted by molar-refractivity contribution is 0.408. The first kappa shape index (κ1) is 32.3. The lowest BCUT2D eigenvalue weighted by atomic mass is 9.99. The van der Waals surface area contributed by atoms with Crippen LogP contribution in [-0.4, -0.2) is 10.4 Å². The molecule has 2 unspecified atom stereocenters. The Morgan fingerprint density at radius 2 is 1.19 bits per heavy atom. The van der Waals surface area contributed by atoms with Crippen LogP contribution in [0.4, 0.5) is 0 Å². The Morgan fingerprint density at radius 3 is 1.98 bits per heavy atom. The molecule has 2 N–H and O–H groups in total. The lowest BCUT2D eigenvalue weighted by Gasteiger charge is -2.32. The Bertz CT molecular complexity index is 3320. The molecule has 0 saturated heterocycles. The second-order valence-electron chi connectivity index (χ2n) is 14.7. The minimum Gasteiger partial charge on any atom is -0.455 e. The van der Waals surface area contributed by atoms with Crippen LogP contribution in [0.2, 0.25) is 0 Å². The third kappa shape index (κ3) is 5.08. The van der Waals surface area contributed by atoms with Crippen molar-refractivity contribution in [2.45, 2.75) is 12.3 Å². The molecule has 0 radical (unpaired) electrons. The second kappa shape index (κ2) is 12.8. The fourth-order valence-corrected chi connectivity index (χ4v) is 10.0. The van der Waals surface area contributed by atoms with Crippen LogP contribution < -0.4 is 10.6 Å². The van der Waals surface area contributed by atoms with E-state index in [9.17, 15) is 0 Å². The van der Waals surface area contributed by atoms with Crippen LogP contribution in [0.3, 0.4) is 0 Å². The van der Waals surface area contributed by atoms with Crippen LogP contribution in [0, 0.1) is 0 Å². The predicted molar refractivity (Wildman–Crippen MR) is 238 cm³/mol. The summed E-state index contributed by atoms with van der Waals surface area (Å²) in [7, 11) is 0. The zero-order chi connectivity index (χ0) is 37.5. The van der Waals surface area contributed by atoms with Crippen LogP contribution in [0.15, 0.2) is 191 Å². The highest BCUT2D eigenvalue weighted by Crippen LogP contribution is 2.44. The summed E-state index contributed by atoms with van der Waals surface area (Å²) in [6, 6.07) is 64.8. The Hall–Kier alpha value is -6.99. The van der Waals surface area contributed by atoms with Gasteiger partial charge in [0.2, 0.25) is 0 Å². The zero-order valence-corrected chi connectivity index (χ0v) is 31.5. The number of thiophene rings is 1. The molecule has 1 aliphatic rings. The van der Waals surface area contributed by atoms with Gasteiger partial charge in [-0.15, -0.1) is 11.3 Å². The van der Waals surface area contributed by atoms with Gasteiger partial charge in [0, 0.05) is 58.4 Å². The highest BCUT2D eigenvalue weighted by molar-refractivity contribution is 7.25. The number of rotatable bonds is 5. The summed E-state index contributed by atoms with van der Waals surface area (Å²) in [4.78, 5) is 5.26. The summed E-state index contributed by atoms with van der Waals surface area (Å²) in [6.07, 6.45) is -0.481. The topological polar surface area (TPSA) is 54.5 Å². The van der Waals surface area contributed by atoms with E-state index < -0.39 is 0 Å². The summed E-state index contributed by atoms with van der Waals surface area (Å²) >= 11 is 1.85. The number of nitrogens with zero attached hydrogens (tertiary/aromatic N) is 2. The predicted octanol–water partition coefficient (Wildman–Crippen LogP) is 13.1. The molecular weight excluding hydrogens is 717 g/mol. The maximum atomic E-state index is 7.03. The number of benzene rings is 8. The van der Waals surface area contributed by atoms with E-state index in [1.54, 1.807) is 0 Å².